The van der Waals surface area contributed by atoms with E-state index in [1.807, 2.05) is 0 Å². The molecule has 0 aliphatic carbocycles. The normalized spacial score (nSPS) is 23.1. The van der Waals surface area contributed by atoms with Gasteiger partial charge in [-0.15, -0.1) is 12.4 Å². The van der Waals surface area contributed by atoms with E-state index in [-0.39, 0.29) is 41.5 Å². The fourth-order valence-electron chi connectivity index (χ4n) is 2.55. The van der Waals surface area contributed by atoms with Gasteiger partial charge in [-0.3, -0.25) is 0 Å². The summed E-state index contributed by atoms with van der Waals surface area (Å²) in [6.07, 6.45) is 1.03. The zero-order chi connectivity index (χ0) is 15.6. The van der Waals surface area contributed by atoms with Gasteiger partial charge in [-0.05, 0) is 31.0 Å². The maximum Gasteiger partial charge on any atom is 0.246 e. The van der Waals surface area contributed by atoms with E-state index in [0.29, 0.717) is 12.8 Å². The fourth-order valence-corrected chi connectivity index (χ4v) is 4.41. The van der Waals surface area contributed by atoms with Crippen molar-refractivity contribution in [2.75, 3.05) is 20.2 Å². The maximum absolute atomic E-state index is 13.9. The molecule has 2 unspecified atom stereocenters. The van der Waals surface area contributed by atoms with Gasteiger partial charge in [0.1, 0.15) is 10.7 Å². The van der Waals surface area contributed by atoms with Crippen LogP contribution in [-0.4, -0.2) is 45.1 Å². The van der Waals surface area contributed by atoms with E-state index >= 15 is 0 Å². The molecule has 2 rings (SSSR count). The Morgan fingerprint density at radius 2 is 2.18 bits per heavy atom. The van der Waals surface area contributed by atoms with Gasteiger partial charge in [-0.1, -0.05) is 11.6 Å². The summed E-state index contributed by atoms with van der Waals surface area (Å²) >= 11 is 5.66. The van der Waals surface area contributed by atoms with E-state index in [1.54, 1.807) is 7.11 Å². The van der Waals surface area contributed by atoms with Gasteiger partial charge >= 0.3 is 0 Å². The minimum atomic E-state index is -3.94. The molecule has 1 fully saturated rings. The summed E-state index contributed by atoms with van der Waals surface area (Å²) in [6, 6.07) is 3.14. The van der Waals surface area contributed by atoms with Crippen molar-refractivity contribution in [1.82, 2.24) is 4.31 Å². The van der Waals surface area contributed by atoms with E-state index in [9.17, 15) is 12.8 Å². The first kappa shape index (κ1) is 19.6. The monoisotopic (exact) mass is 372 g/mol. The lowest BCUT2D eigenvalue weighted by molar-refractivity contribution is 0.0401. The second-order valence-electron chi connectivity index (χ2n) is 4.96. The van der Waals surface area contributed by atoms with Gasteiger partial charge < -0.3 is 10.5 Å². The molecule has 0 radical (unpaired) electrons. The van der Waals surface area contributed by atoms with Crippen LogP contribution >= 0.6 is 24.0 Å². The van der Waals surface area contributed by atoms with E-state index in [4.69, 9.17) is 22.1 Å². The van der Waals surface area contributed by atoms with Crippen molar-refractivity contribution in [1.29, 1.82) is 0 Å². The molecule has 1 aliphatic heterocycles. The lowest BCUT2D eigenvalue weighted by Gasteiger charge is -2.37. The van der Waals surface area contributed by atoms with E-state index < -0.39 is 21.9 Å². The summed E-state index contributed by atoms with van der Waals surface area (Å²) in [5.74, 6) is -0.855. The molecule has 1 saturated heterocycles. The average Bonchev–Trinajstić information content (AvgIpc) is 2.46. The third kappa shape index (κ3) is 3.90. The summed E-state index contributed by atoms with van der Waals surface area (Å²) in [5.41, 5.74) is 5.67. The van der Waals surface area contributed by atoms with Gasteiger partial charge in [-0.25, -0.2) is 12.8 Å². The molecule has 1 aromatic carbocycles. The maximum atomic E-state index is 13.9. The van der Waals surface area contributed by atoms with Crippen molar-refractivity contribution < 1.29 is 17.5 Å². The van der Waals surface area contributed by atoms with Gasteiger partial charge in [0.15, 0.2) is 0 Å². The molecule has 9 heteroatoms. The van der Waals surface area contributed by atoms with Crippen LogP contribution in [0, 0.1) is 5.82 Å². The Balaban J connectivity index is 0.00000242. The van der Waals surface area contributed by atoms with Crippen molar-refractivity contribution in [3.8, 4) is 0 Å². The second-order valence-corrected chi connectivity index (χ2v) is 7.26. The third-order valence-electron chi connectivity index (χ3n) is 3.70. The topological polar surface area (TPSA) is 72.6 Å². The Morgan fingerprint density at radius 1 is 1.50 bits per heavy atom. The second kappa shape index (κ2) is 7.90. The van der Waals surface area contributed by atoms with Crippen LogP contribution in [0.3, 0.4) is 0 Å². The first-order valence-electron chi connectivity index (χ1n) is 6.60. The zero-order valence-corrected chi connectivity index (χ0v) is 14.4. The summed E-state index contributed by atoms with van der Waals surface area (Å²) in [4.78, 5) is -0.374. The Bertz CT molecular complexity index is 615. The molecule has 0 spiro atoms. The molecule has 0 aromatic heterocycles. The highest BCUT2D eigenvalue weighted by Crippen LogP contribution is 2.28. The highest BCUT2D eigenvalue weighted by atomic mass is 35.5. The number of piperidine rings is 1. The van der Waals surface area contributed by atoms with Crippen LogP contribution in [0.4, 0.5) is 4.39 Å². The fraction of sp³-hybridized carbons (Fsp3) is 0.538. The largest absolute Gasteiger partial charge is 0.381 e. The number of hydrogen-bond acceptors (Lipinski definition) is 4. The molecule has 0 saturated carbocycles. The van der Waals surface area contributed by atoms with Crippen molar-refractivity contribution in [2.45, 2.75) is 29.9 Å². The summed E-state index contributed by atoms with van der Waals surface area (Å²) in [5, 5.41) is 0.153. The van der Waals surface area contributed by atoms with Gasteiger partial charge in [0, 0.05) is 31.3 Å². The highest BCUT2D eigenvalue weighted by molar-refractivity contribution is 7.89. The van der Waals surface area contributed by atoms with Gasteiger partial charge in [0.05, 0.1) is 6.10 Å². The third-order valence-corrected chi connectivity index (χ3v) is 5.92. The number of halogens is 3. The smallest absolute Gasteiger partial charge is 0.246 e. The van der Waals surface area contributed by atoms with E-state index in [0.717, 1.165) is 6.07 Å². The Kier molecular flexibility index (Phi) is 7.04. The molecule has 2 N–H and O–H groups in total. The minimum Gasteiger partial charge on any atom is -0.381 e. The number of ether oxygens (including phenoxy) is 1. The molecule has 0 amide bonds. The molecule has 1 aliphatic rings. The van der Waals surface area contributed by atoms with Gasteiger partial charge in [-0.2, -0.15) is 4.31 Å². The quantitative estimate of drug-likeness (QED) is 0.877. The summed E-state index contributed by atoms with van der Waals surface area (Å²) < 4.78 is 45.7. The molecule has 22 heavy (non-hydrogen) atoms. The Hall–Kier alpha value is -0.440. The van der Waals surface area contributed by atoms with Crippen LogP contribution in [0.25, 0.3) is 0 Å². The van der Waals surface area contributed by atoms with Crippen LogP contribution in [0.15, 0.2) is 23.1 Å². The van der Waals surface area contributed by atoms with Crippen LogP contribution in [-0.2, 0) is 14.8 Å². The summed E-state index contributed by atoms with van der Waals surface area (Å²) in [6.45, 7) is 0.416. The van der Waals surface area contributed by atoms with Crippen molar-refractivity contribution in [3.63, 3.8) is 0 Å². The first-order valence-corrected chi connectivity index (χ1v) is 8.41. The lowest BCUT2D eigenvalue weighted by atomic mass is 10.0. The van der Waals surface area contributed by atoms with E-state index in [1.165, 1.54) is 16.4 Å². The lowest BCUT2D eigenvalue weighted by Crippen LogP contribution is -2.51. The van der Waals surface area contributed by atoms with Crippen LogP contribution in [0.1, 0.15) is 12.8 Å². The van der Waals surface area contributed by atoms with Crippen LogP contribution in [0.5, 0.6) is 0 Å². The Morgan fingerprint density at radius 3 is 2.73 bits per heavy atom. The van der Waals surface area contributed by atoms with Gasteiger partial charge in [0.2, 0.25) is 10.0 Å². The van der Waals surface area contributed by atoms with Gasteiger partial charge in [0.25, 0.3) is 0 Å². The number of methoxy groups -OCH3 is 1. The van der Waals surface area contributed by atoms with Crippen LogP contribution in [0.2, 0.25) is 5.02 Å². The first-order chi connectivity index (χ1) is 9.90. The van der Waals surface area contributed by atoms with Crippen molar-refractivity contribution >= 4 is 34.0 Å². The number of sulfonamides is 1. The molecule has 5 nitrogen and oxygen atoms in total. The Labute approximate surface area is 141 Å². The van der Waals surface area contributed by atoms with Crippen LogP contribution < -0.4 is 5.73 Å². The number of benzene rings is 1. The predicted octanol–water partition coefficient (Wildman–Crippen LogP) is 2.03. The molecular weight excluding hydrogens is 354 g/mol. The van der Waals surface area contributed by atoms with Crippen molar-refractivity contribution in [2.24, 2.45) is 5.73 Å². The molecule has 0 bridgehead atoms. The predicted molar refractivity (Wildman–Crippen MR) is 85.4 cm³/mol. The minimum absolute atomic E-state index is 0. The summed E-state index contributed by atoms with van der Waals surface area (Å²) in [7, 11) is -2.35. The number of nitrogens with two attached hydrogens (primary N) is 1. The zero-order valence-electron chi connectivity index (χ0n) is 12.0. The number of rotatable bonds is 4. The molecule has 126 valence electrons. The number of nitrogens with zero attached hydrogens (tertiary/aromatic N) is 1. The highest BCUT2D eigenvalue weighted by Gasteiger charge is 2.37. The van der Waals surface area contributed by atoms with Crippen molar-refractivity contribution in [3.05, 3.63) is 29.0 Å². The average molecular weight is 373 g/mol. The SMILES string of the molecule is COC1CCN(S(=O)(=O)c2ccc(Cl)cc2F)C(CN)C1.Cl. The standard InChI is InChI=1S/C13H18ClFN2O3S.ClH/c1-20-11-4-5-17(10(7-11)8-16)21(18,19)13-3-2-9(14)6-12(13)15;/h2-3,6,10-11H,4-5,7-8,16H2,1H3;1H. The molecule has 1 heterocycles. The number of hydrogen-bond donors (Lipinski definition) is 1. The van der Waals surface area contributed by atoms with E-state index in [2.05, 4.69) is 0 Å². The molecule has 1 aromatic rings. The molecule has 2 atom stereocenters. The molecular formula is C13H19Cl2FN2O3S.